The average molecular weight is 397 g/mol. The van der Waals surface area contributed by atoms with Crippen molar-refractivity contribution < 1.29 is 23.2 Å². The second kappa shape index (κ2) is 7.61. The molecular formula is C20H15NO6S. The Bertz CT molecular complexity index is 1210. The van der Waals surface area contributed by atoms with Crippen LogP contribution in [-0.2, 0) is 20.4 Å². The lowest BCUT2D eigenvalue weighted by atomic mass is 10.1. The minimum Gasteiger partial charge on any atom is -0.478 e. The van der Waals surface area contributed by atoms with Crippen LogP contribution >= 0.6 is 0 Å². The zero-order valence-corrected chi connectivity index (χ0v) is 15.3. The van der Waals surface area contributed by atoms with Gasteiger partial charge in [0.05, 0.1) is 15.6 Å². The quantitative estimate of drug-likeness (QED) is 0.384. The van der Waals surface area contributed by atoms with Crippen molar-refractivity contribution in [3.63, 3.8) is 0 Å². The maximum absolute atomic E-state index is 13.0. The number of hydrogen-bond acceptors (Lipinski definition) is 5. The van der Waals surface area contributed by atoms with E-state index < -0.39 is 26.5 Å². The fourth-order valence-corrected chi connectivity index (χ4v) is 4.52. The standard InChI is InChI=1S/C20H15NO6S/c22-20(23)11-9-14-8-10-18(21(24)25)16(12-14)13-28(26,27)19-7-3-5-15-4-1-2-6-17(15)19/h1-12H,13H2,(H,22,23)/b11-9+. The molecule has 0 fully saturated rings. The predicted octanol–water partition coefficient (Wildman–Crippen LogP) is 3.82. The molecule has 7 nitrogen and oxygen atoms in total. The van der Waals surface area contributed by atoms with Gasteiger partial charge in [0.15, 0.2) is 9.84 Å². The van der Waals surface area contributed by atoms with Gasteiger partial charge in [0.1, 0.15) is 0 Å². The number of carbonyl (C=O) groups is 1. The molecule has 0 aromatic heterocycles. The average Bonchev–Trinajstić information content (AvgIpc) is 2.65. The molecule has 3 aromatic carbocycles. The molecule has 0 saturated carbocycles. The summed E-state index contributed by atoms with van der Waals surface area (Å²) < 4.78 is 26.1. The molecule has 0 spiro atoms. The summed E-state index contributed by atoms with van der Waals surface area (Å²) in [6, 6.07) is 15.7. The van der Waals surface area contributed by atoms with E-state index in [2.05, 4.69) is 0 Å². The topological polar surface area (TPSA) is 115 Å². The van der Waals surface area contributed by atoms with E-state index in [1.165, 1.54) is 30.3 Å². The lowest BCUT2D eigenvalue weighted by Crippen LogP contribution is -2.08. The van der Waals surface area contributed by atoms with E-state index in [0.29, 0.717) is 10.9 Å². The number of carboxylic acid groups (broad SMARTS) is 1. The number of aliphatic carboxylic acids is 1. The molecule has 0 aliphatic heterocycles. The summed E-state index contributed by atoms with van der Waals surface area (Å²) in [6.45, 7) is 0. The van der Waals surface area contributed by atoms with Gasteiger partial charge >= 0.3 is 5.97 Å². The van der Waals surface area contributed by atoms with Gasteiger partial charge in [-0.3, -0.25) is 10.1 Å². The molecule has 0 amide bonds. The highest BCUT2D eigenvalue weighted by molar-refractivity contribution is 7.90. The molecule has 0 aliphatic carbocycles. The van der Waals surface area contributed by atoms with Crippen LogP contribution in [0.4, 0.5) is 5.69 Å². The Balaban J connectivity index is 2.09. The van der Waals surface area contributed by atoms with E-state index in [-0.39, 0.29) is 16.1 Å². The maximum Gasteiger partial charge on any atom is 0.328 e. The molecule has 0 heterocycles. The number of fused-ring (bicyclic) bond motifs is 1. The van der Waals surface area contributed by atoms with Gasteiger partial charge in [0.25, 0.3) is 5.69 Å². The number of rotatable bonds is 6. The summed E-state index contributed by atoms with van der Waals surface area (Å²) in [7, 11) is -3.89. The Kier molecular flexibility index (Phi) is 5.23. The third-order valence-corrected chi connectivity index (χ3v) is 5.87. The van der Waals surface area contributed by atoms with Gasteiger partial charge in [-0.15, -0.1) is 0 Å². The van der Waals surface area contributed by atoms with E-state index >= 15 is 0 Å². The summed E-state index contributed by atoms with van der Waals surface area (Å²) in [5.41, 5.74) is 0.0119. The van der Waals surface area contributed by atoms with Crippen LogP contribution in [0.1, 0.15) is 11.1 Å². The normalized spacial score (nSPS) is 11.7. The first-order valence-electron chi connectivity index (χ1n) is 8.17. The van der Waals surface area contributed by atoms with E-state index in [4.69, 9.17) is 5.11 Å². The van der Waals surface area contributed by atoms with Crippen LogP contribution < -0.4 is 0 Å². The smallest absolute Gasteiger partial charge is 0.328 e. The highest BCUT2D eigenvalue weighted by atomic mass is 32.2. The maximum atomic E-state index is 13.0. The number of nitrogens with zero attached hydrogens (tertiary/aromatic N) is 1. The van der Waals surface area contributed by atoms with Crippen molar-refractivity contribution in [2.75, 3.05) is 0 Å². The lowest BCUT2D eigenvalue weighted by Gasteiger charge is -2.09. The Morgan fingerprint density at radius 3 is 2.50 bits per heavy atom. The molecule has 0 atom stereocenters. The van der Waals surface area contributed by atoms with Crippen molar-refractivity contribution >= 4 is 38.3 Å². The molecule has 0 bridgehead atoms. The minimum absolute atomic E-state index is 0.00882. The third kappa shape index (κ3) is 4.07. The van der Waals surface area contributed by atoms with Crippen molar-refractivity contribution in [3.8, 4) is 0 Å². The highest BCUT2D eigenvalue weighted by Gasteiger charge is 2.23. The first-order chi connectivity index (χ1) is 13.3. The molecule has 0 radical (unpaired) electrons. The Hall–Kier alpha value is -3.52. The van der Waals surface area contributed by atoms with Gasteiger partial charge in [0.2, 0.25) is 0 Å². The molecule has 0 unspecified atom stereocenters. The van der Waals surface area contributed by atoms with Crippen LogP contribution in [0.5, 0.6) is 0 Å². The summed E-state index contributed by atoms with van der Waals surface area (Å²) in [5.74, 6) is -1.75. The Morgan fingerprint density at radius 1 is 1.07 bits per heavy atom. The van der Waals surface area contributed by atoms with Crippen molar-refractivity contribution in [1.82, 2.24) is 0 Å². The summed E-state index contributed by atoms with van der Waals surface area (Å²) >= 11 is 0. The zero-order valence-electron chi connectivity index (χ0n) is 14.5. The molecule has 8 heteroatoms. The number of carboxylic acids is 1. The number of benzene rings is 3. The minimum atomic E-state index is -3.89. The van der Waals surface area contributed by atoms with E-state index in [9.17, 15) is 23.3 Å². The van der Waals surface area contributed by atoms with Crippen LogP contribution in [0.3, 0.4) is 0 Å². The molecular weight excluding hydrogens is 382 g/mol. The van der Waals surface area contributed by atoms with Crippen molar-refractivity contribution in [1.29, 1.82) is 0 Å². The van der Waals surface area contributed by atoms with Crippen LogP contribution in [-0.4, -0.2) is 24.4 Å². The summed E-state index contributed by atoms with van der Waals surface area (Å²) in [6.07, 6.45) is 2.13. The van der Waals surface area contributed by atoms with Crippen molar-refractivity contribution in [2.24, 2.45) is 0 Å². The second-order valence-electron chi connectivity index (χ2n) is 6.05. The lowest BCUT2D eigenvalue weighted by molar-refractivity contribution is -0.385. The fraction of sp³-hybridized carbons (Fsp3) is 0.0500. The van der Waals surface area contributed by atoms with Gasteiger partial charge < -0.3 is 5.11 Å². The van der Waals surface area contributed by atoms with Gasteiger partial charge in [-0.1, -0.05) is 36.4 Å². The van der Waals surface area contributed by atoms with Gasteiger partial charge in [0, 0.05) is 23.1 Å². The molecule has 3 aromatic rings. The van der Waals surface area contributed by atoms with E-state index in [0.717, 1.165) is 11.5 Å². The fourth-order valence-electron chi connectivity index (χ4n) is 2.92. The number of nitro groups is 1. The number of hydrogen-bond donors (Lipinski definition) is 1. The number of sulfone groups is 1. The van der Waals surface area contributed by atoms with Crippen LogP contribution in [0, 0.1) is 10.1 Å². The number of nitro benzene ring substituents is 1. The third-order valence-electron chi connectivity index (χ3n) is 4.15. The first-order valence-corrected chi connectivity index (χ1v) is 9.82. The molecule has 0 aliphatic rings. The van der Waals surface area contributed by atoms with Crippen molar-refractivity contribution in [2.45, 2.75) is 10.6 Å². The zero-order chi connectivity index (χ0) is 20.3. The van der Waals surface area contributed by atoms with Crippen molar-refractivity contribution in [3.05, 3.63) is 88.0 Å². The molecule has 1 N–H and O–H groups in total. The summed E-state index contributed by atoms with van der Waals surface area (Å²) in [5, 5.41) is 21.3. The van der Waals surface area contributed by atoms with Crippen LogP contribution in [0.15, 0.2) is 71.6 Å². The monoisotopic (exact) mass is 397 g/mol. The molecule has 142 valence electrons. The molecule has 0 saturated heterocycles. The predicted molar refractivity (Wildman–Crippen MR) is 105 cm³/mol. The first kappa shape index (κ1) is 19.2. The SMILES string of the molecule is O=C(O)/C=C/c1ccc([N+](=O)[O-])c(CS(=O)(=O)c2cccc3ccccc23)c1. The van der Waals surface area contributed by atoms with Gasteiger partial charge in [-0.05, 0) is 35.2 Å². The second-order valence-corrected chi connectivity index (χ2v) is 8.01. The van der Waals surface area contributed by atoms with E-state index in [1.54, 1.807) is 36.4 Å². The van der Waals surface area contributed by atoms with Gasteiger partial charge in [-0.2, -0.15) is 0 Å². The van der Waals surface area contributed by atoms with Crippen LogP contribution in [0.2, 0.25) is 0 Å². The van der Waals surface area contributed by atoms with Gasteiger partial charge in [-0.25, -0.2) is 13.2 Å². The molecule has 28 heavy (non-hydrogen) atoms. The molecule has 3 rings (SSSR count). The Labute approximate surface area is 160 Å². The summed E-state index contributed by atoms with van der Waals surface area (Å²) in [4.78, 5) is 21.4. The largest absolute Gasteiger partial charge is 0.478 e. The Morgan fingerprint density at radius 2 is 1.79 bits per heavy atom. The van der Waals surface area contributed by atoms with E-state index in [1.807, 2.05) is 0 Å². The van der Waals surface area contributed by atoms with Crippen LogP contribution in [0.25, 0.3) is 16.8 Å². The highest BCUT2D eigenvalue weighted by Crippen LogP contribution is 2.29.